The summed E-state index contributed by atoms with van der Waals surface area (Å²) in [5.41, 5.74) is 2.91. The van der Waals surface area contributed by atoms with Gasteiger partial charge in [-0.3, -0.25) is 9.59 Å². The van der Waals surface area contributed by atoms with Gasteiger partial charge < -0.3 is 15.2 Å². The molecule has 4 rings (SSSR count). The van der Waals surface area contributed by atoms with E-state index >= 15 is 0 Å². The average molecular weight is 356 g/mol. The summed E-state index contributed by atoms with van der Waals surface area (Å²) in [5, 5.41) is 14.5. The molecule has 1 aromatic carbocycles. The van der Waals surface area contributed by atoms with Crippen LogP contribution in [0.3, 0.4) is 0 Å². The number of rotatable bonds is 4. The number of benzene rings is 1. The number of aromatic nitrogens is 1. The Balaban J connectivity index is 1.51. The van der Waals surface area contributed by atoms with E-state index in [1.807, 2.05) is 36.6 Å². The zero-order valence-corrected chi connectivity index (χ0v) is 14.2. The summed E-state index contributed by atoms with van der Waals surface area (Å²) in [5.74, 6) is -2.98. The van der Waals surface area contributed by atoms with E-state index in [4.69, 9.17) is 4.74 Å². The third-order valence-electron chi connectivity index (χ3n) is 4.57. The van der Waals surface area contributed by atoms with Crippen LogP contribution in [0.1, 0.15) is 5.56 Å². The van der Waals surface area contributed by atoms with E-state index in [2.05, 4.69) is 10.3 Å². The third-order valence-corrected chi connectivity index (χ3v) is 5.33. The highest BCUT2D eigenvalue weighted by atomic mass is 32.1. The van der Waals surface area contributed by atoms with Crippen molar-refractivity contribution in [2.24, 2.45) is 11.8 Å². The molecule has 2 bridgehead atoms. The maximum Gasteiger partial charge on any atom is 0.310 e. The van der Waals surface area contributed by atoms with Gasteiger partial charge in [0, 0.05) is 10.9 Å². The number of amides is 1. The van der Waals surface area contributed by atoms with E-state index < -0.39 is 30.0 Å². The lowest BCUT2D eigenvalue weighted by atomic mass is 9.82. The number of hydrogen-bond donors (Lipinski definition) is 2. The Morgan fingerprint density at radius 3 is 2.52 bits per heavy atom. The van der Waals surface area contributed by atoms with Crippen LogP contribution < -0.4 is 5.32 Å². The van der Waals surface area contributed by atoms with E-state index in [0.717, 1.165) is 16.8 Å². The summed E-state index contributed by atoms with van der Waals surface area (Å²) in [6, 6.07) is 7.96. The Bertz CT molecular complexity index is 858. The minimum Gasteiger partial charge on any atom is -0.481 e. The minimum absolute atomic E-state index is 0.367. The first-order valence-corrected chi connectivity index (χ1v) is 8.81. The van der Waals surface area contributed by atoms with Crippen molar-refractivity contribution in [2.75, 3.05) is 5.32 Å². The largest absolute Gasteiger partial charge is 0.481 e. The van der Waals surface area contributed by atoms with Crippen LogP contribution in [0.2, 0.25) is 0 Å². The molecule has 2 N–H and O–H groups in total. The molecule has 2 aliphatic heterocycles. The number of hydrogen-bond acceptors (Lipinski definition) is 5. The first-order valence-electron chi connectivity index (χ1n) is 7.93. The van der Waals surface area contributed by atoms with Crippen molar-refractivity contribution < 1.29 is 19.4 Å². The molecule has 0 saturated carbocycles. The molecule has 1 aromatic heterocycles. The summed E-state index contributed by atoms with van der Waals surface area (Å²) >= 11 is 1.32. The fourth-order valence-corrected chi connectivity index (χ4v) is 4.01. The molecule has 1 saturated heterocycles. The van der Waals surface area contributed by atoms with Gasteiger partial charge in [-0.05, 0) is 6.92 Å². The summed E-state index contributed by atoms with van der Waals surface area (Å²) in [6.45, 7) is 2.02. The van der Waals surface area contributed by atoms with E-state index in [0.29, 0.717) is 5.13 Å². The van der Waals surface area contributed by atoms with Crippen LogP contribution in [0.4, 0.5) is 5.13 Å². The maximum atomic E-state index is 12.6. The molecule has 0 unspecified atom stereocenters. The molecule has 1 amide bonds. The van der Waals surface area contributed by atoms with E-state index in [-0.39, 0.29) is 5.91 Å². The van der Waals surface area contributed by atoms with E-state index in [1.165, 1.54) is 11.3 Å². The molecule has 2 aliphatic rings. The maximum absolute atomic E-state index is 12.6. The van der Waals surface area contributed by atoms with Crippen molar-refractivity contribution in [1.82, 2.24) is 4.98 Å². The number of carboxylic acid groups (broad SMARTS) is 1. The lowest BCUT2D eigenvalue weighted by molar-refractivity contribution is -0.145. The van der Waals surface area contributed by atoms with Gasteiger partial charge in [0.25, 0.3) is 0 Å². The molecule has 128 valence electrons. The Morgan fingerprint density at radius 2 is 1.84 bits per heavy atom. The number of anilines is 1. The highest BCUT2D eigenvalue weighted by molar-refractivity contribution is 7.14. The Hall–Kier alpha value is -2.51. The zero-order chi connectivity index (χ0) is 17.6. The minimum atomic E-state index is -1.02. The van der Waals surface area contributed by atoms with Gasteiger partial charge in [0.15, 0.2) is 5.13 Å². The Kier molecular flexibility index (Phi) is 3.89. The summed E-state index contributed by atoms with van der Waals surface area (Å²) in [4.78, 5) is 28.5. The molecule has 4 atom stereocenters. The molecule has 3 heterocycles. The van der Waals surface area contributed by atoms with Crippen LogP contribution in [0, 0.1) is 18.8 Å². The monoisotopic (exact) mass is 356 g/mol. The van der Waals surface area contributed by atoms with Crippen molar-refractivity contribution in [3.8, 4) is 11.3 Å². The number of fused-ring (bicyclic) bond motifs is 2. The van der Waals surface area contributed by atoms with Crippen molar-refractivity contribution in [1.29, 1.82) is 0 Å². The molecule has 0 spiro atoms. The van der Waals surface area contributed by atoms with Gasteiger partial charge in [-0.1, -0.05) is 42.0 Å². The third kappa shape index (κ3) is 2.85. The predicted molar refractivity (Wildman–Crippen MR) is 93.3 cm³/mol. The first-order chi connectivity index (χ1) is 12.0. The van der Waals surface area contributed by atoms with E-state index in [1.54, 1.807) is 12.2 Å². The second kappa shape index (κ2) is 6.09. The van der Waals surface area contributed by atoms with Gasteiger partial charge in [0.05, 0.1) is 23.8 Å². The van der Waals surface area contributed by atoms with E-state index in [9.17, 15) is 14.7 Å². The summed E-state index contributed by atoms with van der Waals surface area (Å²) < 4.78 is 5.53. The summed E-state index contributed by atoms with van der Waals surface area (Å²) in [7, 11) is 0. The first kappa shape index (κ1) is 16.0. The molecule has 6 nitrogen and oxygen atoms in total. The van der Waals surface area contributed by atoms with Gasteiger partial charge >= 0.3 is 5.97 Å². The standard InChI is InChI=1S/C18H16N2O4S/c1-9-2-4-10(5-3-9)11-8-25-18(19-11)20-16(21)14-12-6-7-13(24-12)15(14)17(22)23/h2-8,12-15H,1H3,(H,22,23)(H,19,20,21)/t12-,13+,14-,15-/m0/s1. The molecular formula is C18H16N2O4S. The lowest BCUT2D eigenvalue weighted by Gasteiger charge is -2.20. The molecular weight excluding hydrogens is 340 g/mol. The molecule has 7 heteroatoms. The molecule has 0 radical (unpaired) electrons. The highest BCUT2D eigenvalue weighted by Crippen LogP contribution is 2.40. The lowest BCUT2D eigenvalue weighted by Crippen LogP contribution is -2.39. The smallest absolute Gasteiger partial charge is 0.310 e. The molecule has 25 heavy (non-hydrogen) atoms. The Morgan fingerprint density at radius 1 is 1.16 bits per heavy atom. The number of aryl methyl sites for hydroxylation is 1. The summed E-state index contributed by atoms with van der Waals surface area (Å²) in [6.07, 6.45) is 2.46. The number of nitrogens with zero attached hydrogens (tertiary/aromatic N) is 1. The van der Waals surface area contributed by atoms with Crippen LogP contribution in [0.5, 0.6) is 0 Å². The number of carbonyl (C=O) groups excluding carboxylic acids is 1. The van der Waals surface area contributed by atoms with Crippen molar-refractivity contribution in [2.45, 2.75) is 19.1 Å². The normalized spacial score (nSPS) is 26.8. The number of ether oxygens (including phenoxy) is 1. The van der Waals surface area contributed by atoms with Gasteiger partial charge in [-0.25, -0.2) is 4.98 Å². The molecule has 1 fully saturated rings. The zero-order valence-electron chi connectivity index (χ0n) is 13.4. The topological polar surface area (TPSA) is 88.5 Å². The van der Waals surface area contributed by atoms with Crippen molar-refractivity contribution in [3.63, 3.8) is 0 Å². The highest BCUT2D eigenvalue weighted by Gasteiger charge is 2.53. The van der Waals surface area contributed by atoms with Crippen LogP contribution in [-0.4, -0.2) is 34.2 Å². The van der Waals surface area contributed by atoms with Crippen LogP contribution in [0.15, 0.2) is 41.8 Å². The number of carboxylic acids is 1. The van der Waals surface area contributed by atoms with Gasteiger partial charge in [0.2, 0.25) is 5.91 Å². The van der Waals surface area contributed by atoms with Gasteiger partial charge in [0.1, 0.15) is 5.92 Å². The second-order valence-electron chi connectivity index (χ2n) is 6.23. The predicted octanol–water partition coefficient (Wildman–Crippen LogP) is 2.71. The number of nitrogens with one attached hydrogen (secondary N) is 1. The van der Waals surface area contributed by atoms with Crippen LogP contribution in [0.25, 0.3) is 11.3 Å². The average Bonchev–Trinajstić information content (AvgIpc) is 3.30. The number of aliphatic carboxylic acids is 1. The van der Waals surface area contributed by atoms with Crippen molar-refractivity contribution in [3.05, 3.63) is 47.4 Å². The second-order valence-corrected chi connectivity index (χ2v) is 7.09. The van der Waals surface area contributed by atoms with Gasteiger partial charge in [-0.15, -0.1) is 11.3 Å². The molecule has 2 aromatic rings. The number of thiazole rings is 1. The van der Waals surface area contributed by atoms with Crippen LogP contribution >= 0.6 is 11.3 Å². The van der Waals surface area contributed by atoms with Crippen molar-refractivity contribution >= 4 is 28.3 Å². The quantitative estimate of drug-likeness (QED) is 0.823. The van der Waals surface area contributed by atoms with Gasteiger partial charge in [-0.2, -0.15) is 0 Å². The Labute approximate surface area is 148 Å². The fourth-order valence-electron chi connectivity index (χ4n) is 3.29. The number of carbonyl (C=O) groups is 2. The SMILES string of the molecule is Cc1ccc(-c2csc(NC(=O)[C@@H]3[C@@H](C(=O)O)[C@H]4C=C[C@@H]3O4)n2)cc1. The molecule has 0 aliphatic carbocycles. The fraction of sp³-hybridized carbons (Fsp3) is 0.278. The van der Waals surface area contributed by atoms with Crippen LogP contribution in [-0.2, 0) is 14.3 Å².